The van der Waals surface area contributed by atoms with Crippen molar-refractivity contribution < 1.29 is 14.3 Å². The molecule has 0 unspecified atom stereocenters. The van der Waals surface area contributed by atoms with Crippen LogP contribution in [0.4, 0.5) is 14.9 Å². The molecule has 0 aromatic heterocycles. The number of carbonyl (C=O) groups excluding carboxylic acids is 1. The van der Waals surface area contributed by atoms with Gasteiger partial charge < -0.3 is 15.7 Å². The summed E-state index contributed by atoms with van der Waals surface area (Å²) in [5, 5.41) is 15.3. The van der Waals surface area contributed by atoms with Crippen molar-refractivity contribution in [3.8, 4) is 0 Å². The highest BCUT2D eigenvalue weighted by molar-refractivity contribution is 9.10. The fraction of sp³-hybridized carbons (Fsp3) is 0.462. The monoisotopic (exact) mass is 330 g/mol. The molecule has 1 aliphatic rings. The summed E-state index contributed by atoms with van der Waals surface area (Å²) < 4.78 is 13.7. The SMILES string of the molecule is O=C(NCC1(O)CCCC1)Nc1cc(F)ccc1Br. The van der Waals surface area contributed by atoms with Crippen molar-refractivity contribution in [2.45, 2.75) is 31.3 Å². The van der Waals surface area contributed by atoms with Crippen LogP contribution in [0, 0.1) is 5.82 Å². The topological polar surface area (TPSA) is 61.4 Å². The number of anilines is 1. The molecule has 0 atom stereocenters. The molecule has 3 N–H and O–H groups in total. The minimum absolute atomic E-state index is 0.214. The van der Waals surface area contributed by atoms with Crippen LogP contribution in [0.25, 0.3) is 0 Å². The van der Waals surface area contributed by atoms with E-state index in [4.69, 9.17) is 0 Å². The number of hydrogen-bond acceptors (Lipinski definition) is 2. The van der Waals surface area contributed by atoms with Crippen molar-refractivity contribution in [3.05, 3.63) is 28.5 Å². The molecule has 2 amide bonds. The summed E-state index contributed by atoms with van der Waals surface area (Å²) in [6.45, 7) is 0.214. The Morgan fingerprint density at radius 2 is 2.11 bits per heavy atom. The van der Waals surface area contributed by atoms with Crippen LogP contribution in [0.15, 0.2) is 22.7 Å². The van der Waals surface area contributed by atoms with Gasteiger partial charge in [-0.25, -0.2) is 9.18 Å². The van der Waals surface area contributed by atoms with Gasteiger partial charge in [0.25, 0.3) is 0 Å². The van der Waals surface area contributed by atoms with E-state index in [-0.39, 0.29) is 6.54 Å². The van der Waals surface area contributed by atoms with Gasteiger partial charge in [0.15, 0.2) is 0 Å². The van der Waals surface area contributed by atoms with E-state index in [0.29, 0.717) is 23.0 Å². The van der Waals surface area contributed by atoms with Crippen LogP contribution in [-0.4, -0.2) is 23.3 Å². The highest BCUT2D eigenvalue weighted by atomic mass is 79.9. The number of nitrogens with one attached hydrogen (secondary N) is 2. The quantitative estimate of drug-likeness (QED) is 0.797. The summed E-state index contributed by atoms with van der Waals surface area (Å²) in [6, 6.07) is 3.60. The van der Waals surface area contributed by atoms with Crippen LogP contribution in [0.2, 0.25) is 0 Å². The number of carbonyl (C=O) groups is 1. The summed E-state index contributed by atoms with van der Waals surface area (Å²) in [6.07, 6.45) is 3.37. The lowest BCUT2D eigenvalue weighted by atomic mass is 10.0. The van der Waals surface area contributed by atoms with Gasteiger partial charge in [-0.2, -0.15) is 0 Å². The fourth-order valence-corrected chi connectivity index (χ4v) is 2.56. The molecule has 1 aromatic rings. The average molecular weight is 331 g/mol. The number of aliphatic hydroxyl groups is 1. The van der Waals surface area contributed by atoms with E-state index in [0.717, 1.165) is 12.8 Å². The largest absolute Gasteiger partial charge is 0.388 e. The Morgan fingerprint density at radius 1 is 1.42 bits per heavy atom. The molecule has 6 heteroatoms. The number of benzene rings is 1. The standard InChI is InChI=1S/C13H16BrFN2O2/c14-10-4-3-9(15)7-11(10)17-12(18)16-8-13(19)5-1-2-6-13/h3-4,7,19H,1-2,5-6,8H2,(H2,16,17,18). The molecule has 1 aliphatic carbocycles. The molecule has 0 saturated heterocycles. The molecular formula is C13H16BrFN2O2. The van der Waals surface area contributed by atoms with Crippen LogP contribution < -0.4 is 10.6 Å². The zero-order chi connectivity index (χ0) is 13.9. The molecule has 1 fully saturated rings. The zero-order valence-electron chi connectivity index (χ0n) is 10.4. The summed E-state index contributed by atoms with van der Waals surface area (Å²) in [5.74, 6) is -0.423. The molecule has 4 nitrogen and oxygen atoms in total. The van der Waals surface area contributed by atoms with Gasteiger partial charge in [-0.05, 0) is 47.0 Å². The van der Waals surface area contributed by atoms with E-state index in [1.165, 1.54) is 18.2 Å². The van der Waals surface area contributed by atoms with E-state index in [1.54, 1.807) is 0 Å². The molecule has 0 spiro atoms. The van der Waals surface area contributed by atoms with Crippen LogP contribution >= 0.6 is 15.9 Å². The maximum absolute atomic E-state index is 13.1. The van der Waals surface area contributed by atoms with Gasteiger partial charge >= 0.3 is 6.03 Å². The Bertz CT molecular complexity index is 476. The van der Waals surface area contributed by atoms with Crippen LogP contribution in [0.1, 0.15) is 25.7 Å². The van der Waals surface area contributed by atoms with Gasteiger partial charge in [-0.3, -0.25) is 0 Å². The van der Waals surface area contributed by atoms with Crippen LogP contribution in [-0.2, 0) is 0 Å². The van der Waals surface area contributed by atoms with Crippen LogP contribution in [0.5, 0.6) is 0 Å². The lowest BCUT2D eigenvalue weighted by Crippen LogP contribution is -2.42. The first-order chi connectivity index (χ1) is 8.98. The van der Waals surface area contributed by atoms with E-state index in [2.05, 4.69) is 26.6 Å². The maximum Gasteiger partial charge on any atom is 0.319 e. The Kier molecular flexibility index (Phi) is 4.42. The minimum Gasteiger partial charge on any atom is -0.388 e. The number of amides is 2. The van der Waals surface area contributed by atoms with E-state index < -0.39 is 17.4 Å². The molecule has 19 heavy (non-hydrogen) atoms. The van der Waals surface area contributed by atoms with Crippen molar-refractivity contribution in [3.63, 3.8) is 0 Å². The van der Waals surface area contributed by atoms with Crippen molar-refractivity contribution in [2.24, 2.45) is 0 Å². The van der Waals surface area contributed by atoms with Gasteiger partial charge in [-0.15, -0.1) is 0 Å². The molecule has 2 rings (SSSR count). The first-order valence-electron chi connectivity index (χ1n) is 6.21. The smallest absolute Gasteiger partial charge is 0.319 e. The second-order valence-electron chi connectivity index (χ2n) is 4.86. The number of rotatable bonds is 3. The van der Waals surface area contributed by atoms with Crippen molar-refractivity contribution in [1.82, 2.24) is 5.32 Å². The minimum atomic E-state index is -0.795. The molecule has 0 heterocycles. The van der Waals surface area contributed by atoms with Gasteiger partial charge in [0, 0.05) is 11.0 Å². The number of urea groups is 1. The average Bonchev–Trinajstić information content (AvgIpc) is 2.79. The van der Waals surface area contributed by atoms with Gasteiger partial charge in [0.1, 0.15) is 5.82 Å². The first kappa shape index (κ1) is 14.3. The molecule has 0 aliphatic heterocycles. The van der Waals surface area contributed by atoms with Crippen molar-refractivity contribution in [2.75, 3.05) is 11.9 Å². The Morgan fingerprint density at radius 3 is 2.79 bits per heavy atom. The highest BCUT2D eigenvalue weighted by Crippen LogP contribution is 2.28. The van der Waals surface area contributed by atoms with Crippen molar-refractivity contribution in [1.29, 1.82) is 0 Å². The third-order valence-electron chi connectivity index (χ3n) is 3.29. The normalized spacial score (nSPS) is 17.2. The highest BCUT2D eigenvalue weighted by Gasteiger charge is 2.31. The molecule has 104 valence electrons. The predicted molar refractivity (Wildman–Crippen MR) is 74.5 cm³/mol. The molecule has 1 saturated carbocycles. The van der Waals surface area contributed by atoms with E-state index >= 15 is 0 Å². The number of hydrogen-bond donors (Lipinski definition) is 3. The second kappa shape index (κ2) is 5.88. The fourth-order valence-electron chi connectivity index (χ4n) is 2.21. The third kappa shape index (κ3) is 3.91. The maximum atomic E-state index is 13.1. The predicted octanol–water partition coefficient (Wildman–Crippen LogP) is 3.01. The molecule has 0 radical (unpaired) electrons. The Hall–Kier alpha value is -1.14. The lowest BCUT2D eigenvalue weighted by molar-refractivity contribution is 0.0506. The van der Waals surface area contributed by atoms with Crippen molar-refractivity contribution >= 4 is 27.6 Å². The molecule has 1 aromatic carbocycles. The summed E-state index contributed by atoms with van der Waals surface area (Å²) >= 11 is 3.23. The second-order valence-corrected chi connectivity index (χ2v) is 5.72. The van der Waals surface area contributed by atoms with Gasteiger partial charge in [-0.1, -0.05) is 12.8 Å². The number of halogens is 2. The summed E-state index contributed by atoms with van der Waals surface area (Å²) in [7, 11) is 0. The first-order valence-corrected chi connectivity index (χ1v) is 7.00. The lowest BCUT2D eigenvalue weighted by Gasteiger charge is -2.22. The van der Waals surface area contributed by atoms with Gasteiger partial charge in [0.05, 0.1) is 11.3 Å². The Labute approximate surface area is 119 Å². The summed E-state index contributed by atoms with van der Waals surface area (Å²) in [5.41, 5.74) is -0.438. The van der Waals surface area contributed by atoms with Crippen LogP contribution in [0.3, 0.4) is 0 Å². The van der Waals surface area contributed by atoms with E-state index in [9.17, 15) is 14.3 Å². The third-order valence-corrected chi connectivity index (χ3v) is 3.98. The van der Waals surface area contributed by atoms with E-state index in [1.807, 2.05) is 0 Å². The molecular weight excluding hydrogens is 315 g/mol. The zero-order valence-corrected chi connectivity index (χ0v) is 12.0. The molecule has 0 bridgehead atoms. The summed E-state index contributed by atoms with van der Waals surface area (Å²) in [4.78, 5) is 11.7. The van der Waals surface area contributed by atoms with Gasteiger partial charge in [0.2, 0.25) is 0 Å². The Balaban J connectivity index is 1.89.